The normalized spacial score (nSPS) is 18.6. The van der Waals surface area contributed by atoms with Crippen molar-refractivity contribution in [1.82, 2.24) is 9.97 Å². The Kier molecular flexibility index (Phi) is 3.91. The van der Waals surface area contributed by atoms with Gasteiger partial charge >= 0.3 is 0 Å². The molecule has 1 aliphatic rings. The molecule has 0 amide bonds. The number of aromatic nitrogens is 2. The topological polar surface area (TPSA) is 51.4 Å². The Morgan fingerprint density at radius 2 is 2.04 bits per heavy atom. The highest BCUT2D eigenvalue weighted by Gasteiger charge is 2.30. The zero-order valence-electron chi connectivity index (χ0n) is 15.4. The van der Waals surface area contributed by atoms with E-state index in [1.807, 2.05) is 25.1 Å². The molecule has 0 bridgehead atoms. The Balaban J connectivity index is 1.77. The van der Waals surface area contributed by atoms with Crippen LogP contribution in [-0.2, 0) is 4.74 Å². The molecule has 1 atom stereocenters. The third-order valence-corrected chi connectivity index (χ3v) is 4.67. The van der Waals surface area contributed by atoms with Crippen molar-refractivity contribution in [3.63, 3.8) is 0 Å². The van der Waals surface area contributed by atoms with Gasteiger partial charge in [0.2, 0.25) is 0 Å². The molecular weight excluding hydrogens is 314 g/mol. The monoisotopic (exact) mass is 339 g/mol. The Bertz CT molecular complexity index is 910. The molecule has 3 heterocycles. The fourth-order valence-corrected chi connectivity index (χ4v) is 3.51. The van der Waals surface area contributed by atoms with E-state index in [1.165, 1.54) is 0 Å². The molecule has 5 nitrogen and oxygen atoms in total. The molecule has 2 aromatic heterocycles. The number of rotatable bonds is 3. The highest BCUT2D eigenvalue weighted by atomic mass is 16.5. The second-order valence-electron chi connectivity index (χ2n) is 7.78. The van der Waals surface area contributed by atoms with E-state index in [1.54, 1.807) is 0 Å². The molecule has 1 saturated heterocycles. The number of benzene rings is 1. The Morgan fingerprint density at radius 3 is 2.84 bits per heavy atom. The second kappa shape index (κ2) is 5.99. The van der Waals surface area contributed by atoms with Gasteiger partial charge in [-0.05, 0) is 52.7 Å². The van der Waals surface area contributed by atoms with Crippen LogP contribution in [0.15, 0.2) is 28.7 Å². The van der Waals surface area contributed by atoms with Crippen molar-refractivity contribution < 1.29 is 9.15 Å². The third-order valence-electron chi connectivity index (χ3n) is 4.67. The smallest absolute Gasteiger partial charge is 0.196 e. The minimum atomic E-state index is -0.134. The van der Waals surface area contributed by atoms with Crippen LogP contribution in [0.3, 0.4) is 0 Å². The number of fused-ring (bicyclic) bond motifs is 3. The first-order valence-electron chi connectivity index (χ1n) is 8.99. The Labute approximate surface area is 148 Å². The molecule has 25 heavy (non-hydrogen) atoms. The predicted molar refractivity (Wildman–Crippen MR) is 100 cm³/mol. The molecule has 0 spiro atoms. The molecule has 132 valence electrons. The van der Waals surface area contributed by atoms with Gasteiger partial charge in [0.05, 0.1) is 18.2 Å². The molecular formula is C20H25N3O2. The summed E-state index contributed by atoms with van der Waals surface area (Å²) in [5, 5.41) is 1.05. The van der Waals surface area contributed by atoms with E-state index in [0.717, 1.165) is 53.1 Å². The predicted octanol–water partition coefficient (Wildman–Crippen LogP) is 4.47. The number of hydrogen-bond donors (Lipinski definition) is 0. The maximum atomic E-state index is 6.14. The lowest BCUT2D eigenvalue weighted by Gasteiger charge is -2.29. The maximum absolute atomic E-state index is 6.14. The summed E-state index contributed by atoms with van der Waals surface area (Å²) < 4.78 is 12.2. The maximum Gasteiger partial charge on any atom is 0.196 e. The van der Waals surface area contributed by atoms with Crippen LogP contribution in [0.5, 0.6) is 0 Å². The zero-order chi connectivity index (χ0) is 17.6. The van der Waals surface area contributed by atoms with Crippen LogP contribution < -0.4 is 4.90 Å². The summed E-state index contributed by atoms with van der Waals surface area (Å²) in [6.07, 6.45) is 2.25. The number of hydrogen-bond acceptors (Lipinski definition) is 5. The first kappa shape index (κ1) is 16.3. The van der Waals surface area contributed by atoms with Gasteiger partial charge in [0.1, 0.15) is 16.9 Å². The number of anilines is 1. The van der Waals surface area contributed by atoms with E-state index in [9.17, 15) is 0 Å². The lowest BCUT2D eigenvalue weighted by molar-refractivity contribution is -0.00939. The Morgan fingerprint density at radius 1 is 1.24 bits per heavy atom. The average Bonchev–Trinajstić information content (AvgIpc) is 3.16. The first-order valence-corrected chi connectivity index (χ1v) is 8.99. The molecule has 1 aliphatic heterocycles. The van der Waals surface area contributed by atoms with Gasteiger partial charge < -0.3 is 14.1 Å². The molecule has 0 aliphatic carbocycles. The molecule has 0 saturated carbocycles. The average molecular weight is 339 g/mol. The van der Waals surface area contributed by atoms with Crippen LogP contribution in [0.2, 0.25) is 0 Å². The van der Waals surface area contributed by atoms with Gasteiger partial charge in [0.25, 0.3) is 0 Å². The van der Waals surface area contributed by atoms with Crippen molar-refractivity contribution in [1.29, 1.82) is 0 Å². The lowest BCUT2D eigenvalue weighted by Crippen LogP contribution is -2.36. The fraction of sp³-hybridized carbons (Fsp3) is 0.500. The number of furan rings is 1. The molecule has 0 unspecified atom stereocenters. The van der Waals surface area contributed by atoms with Gasteiger partial charge in [-0.25, -0.2) is 9.97 Å². The highest BCUT2D eigenvalue weighted by Crippen LogP contribution is 2.35. The van der Waals surface area contributed by atoms with Gasteiger partial charge in [-0.1, -0.05) is 12.1 Å². The lowest BCUT2D eigenvalue weighted by atomic mass is 10.1. The van der Waals surface area contributed by atoms with Crippen molar-refractivity contribution in [2.45, 2.75) is 52.2 Å². The first-order chi connectivity index (χ1) is 11.9. The molecule has 1 aromatic carbocycles. The molecule has 0 N–H and O–H groups in total. The van der Waals surface area contributed by atoms with Crippen molar-refractivity contribution >= 4 is 27.9 Å². The van der Waals surface area contributed by atoms with E-state index in [0.29, 0.717) is 12.6 Å². The second-order valence-corrected chi connectivity index (χ2v) is 7.78. The van der Waals surface area contributed by atoms with Crippen molar-refractivity contribution in [2.24, 2.45) is 0 Å². The van der Waals surface area contributed by atoms with Crippen LogP contribution >= 0.6 is 0 Å². The van der Waals surface area contributed by atoms with Crippen LogP contribution in [0.1, 0.15) is 39.4 Å². The van der Waals surface area contributed by atoms with Gasteiger partial charge in [-0.15, -0.1) is 0 Å². The van der Waals surface area contributed by atoms with Crippen molar-refractivity contribution in [3.8, 4) is 0 Å². The van der Waals surface area contributed by atoms with Gasteiger partial charge in [-0.3, -0.25) is 0 Å². The summed E-state index contributed by atoms with van der Waals surface area (Å²) in [6.45, 7) is 9.91. The SMILES string of the molecule is Cc1nc(N2CCC[C@H]2COC(C)(C)C)c2oc3ccccc3c2n1. The number of ether oxygens (including phenoxy) is 1. The summed E-state index contributed by atoms with van der Waals surface area (Å²) in [5.74, 6) is 1.68. The minimum Gasteiger partial charge on any atom is -0.450 e. The van der Waals surface area contributed by atoms with Gasteiger partial charge in [0, 0.05) is 11.9 Å². The summed E-state index contributed by atoms with van der Waals surface area (Å²) in [7, 11) is 0. The molecule has 0 radical (unpaired) electrons. The van der Waals surface area contributed by atoms with Crippen molar-refractivity contribution in [3.05, 3.63) is 30.1 Å². The quantitative estimate of drug-likeness (QED) is 0.705. The van der Waals surface area contributed by atoms with Crippen LogP contribution in [0.4, 0.5) is 5.82 Å². The van der Waals surface area contributed by atoms with Gasteiger partial charge in [0.15, 0.2) is 11.4 Å². The van der Waals surface area contributed by atoms with E-state index >= 15 is 0 Å². The molecule has 4 rings (SSSR count). The fourth-order valence-electron chi connectivity index (χ4n) is 3.51. The largest absolute Gasteiger partial charge is 0.450 e. The molecule has 5 heteroatoms. The summed E-state index contributed by atoms with van der Waals surface area (Å²) in [4.78, 5) is 11.7. The third kappa shape index (κ3) is 3.09. The van der Waals surface area contributed by atoms with Crippen LogP contribution in [-0.4, -0.2) is 34.8 Å². The Hall–Kier alpha value is -2.14. The highest BCUT2D eigenvalue weighted by molar-refractivity contribution is 6.05. The summed E-state index contributed by atoms with van der Waals surface area (Å²) in [6, 6.07) is 8.37. The van der Waals surface area contributed by atoms with E-state index in [4.69, 9.17) is 14.1 Å². The van der Waals surface area contributed by atoms with Crippen LogP contribution in [0, 0.1) is 6.92 Å². The minimum absolute atomic E-state index is 0.134. The number of para-hydroxylation sites is 1. The van der Waals surface area contributed by atoms with E-state index in [2.05, 4.69) is 36.7 Å². The zero-order valence-corrected chi connectivity index (χ0v) is 15.4. The number of aryl methyl sites for hydroxylation is 1. The van der Waals surface area contributed by atoms with E-state index < -0.39 is 0 Å². The van der Waals surface area contributed by atoms with E-state index in [-0.39, 0.29) is 5.60 Å². The molecule has 3 aromatic rings. The van der Waals surface area contributed by atoms with Gasteiger partial charge in [-0.2, -0.15) is 0 Å². The van der Waals surface area contributed by atoms with Crippen LogP contribution in [0.25, 0.3) is 22.1 Å². The summed E-state index contributed by atoms with van der Waals surface area (Å²) in [5.41, 5.74) is 2.42. The summed E-state index contributed by atoms with van der Waals surface area (Å²) >= 11 is 0. The molecule has 1 fully saturated rings. The standard InChI is InChI=1S/C20H25N3O2/c1-13-21-17-15-9-5-6-10-16(15)25-18(17)19(22-13)23-11-7-8-14(23)12-24-20(2,3)4/h5-6,9-10,14H,7-8,11-12H2,1-4H3/t14-/m0/s1. The van der Waals surface area contributed by atoms with Crippen molar-refractivity contribution in [2.75, 3.05) is 18.1 Å². The number of nitrogens with zero attached hydrogens (tertiary/aromatic N) is 3.